The molecule has 0 aliphatic rings. The molecule has 0 N–H and O–H groups in total. The van der Waals surface area contributed by atoms with Gasteiger partial charge in [-0.05, 0) is 12.5 Å². The molecule has 0 fully saturated rings. The highest BCUT2D eigenvalue weighted by atomic mass is 28.2. The predicted octanol–water partition coefficient (Wildman–Crippen LogP) is 1.15. The Balaban J connectivity index is 2.85. The second kappa shape index (κ2) is 3.98. The van der Waals surface area contributed by atoms with Gasteiger partial charge >= 0.3 is 0 Å². The maximum Gasteiger partial charge on any atom is 0.204 e. The zero-order valence-electron chi connectivity index (χ0n) is 6.79. The minimum atomic E-state index is 0.706. The van der Waals surface area contributed by atoms with Crippen LogP contribution in [0.25, 0.3) is 5.57 Å². The summed E-state index contributed by atoms with van der Waals surface area (Å²) >= 11 is 0. The summed E-state index contributed by atoms with van der Waals surface area (Å²) in [4.78, 5) is 0. The summed E-state index contributed by atoms with van der Waals surface area (Å²) in [5.41, 5.74) is 2.23. The van der Waals surface area contributed by atoms with E-state index in [1.165, 1.54) is 5.56 Å². The average Bonchev–Trinajstić information content (AvgIpc) is 2.07. The van der Waals surface area contributed by atoms with E-state index in [1.807, 2.05) is 37.3 Å². The Hall–Kier alpha value is -1.02. The second-order valence-corrected chi connectivity index (χ2v) is 2.71. The Morgan fingerprint density at radius 2 is 2.00 bits per heavy atom. The molecule has 0 bridgehead atoms. The highest BCUT2D eigenvalue weighted by Crippen LogP contribution is 2.11. The minimum absolute atomic E-state index is 0.706. The van der Waals surface area contributed by atoms with E-state index in [1.54, 1.807) is 0 Å². The van der Waals surface area contributed by atoms with E-state index in [-0.39, 0.29) is 0 Å². The van der Waals surface area contributed by atoms with Crippen molar-refractivity contribution in [3.05, 3.63) is 42.2 Å². The molecule has 0 aliphatic carbocycles. The van der Waals surface area contributed by atoms with Crippen LogP contribution in [-0.4, -0.2) is 10.5 Å². The Morgan fingerprint density at radius 3 is 2.55 bits per heavy atom. The summed E-state index contributed by atoms with van der Waals surface area (Å²) in [6.45, 7) is 1.99. The van der Waals surface area contributed by atoms with E-state index < -0.39 is 0 Å². The fourth-order valence-corrected chi connectivity index (χ4v) is 1.21. The number of benzene rings is 1. The lowest BCUT2D eigenvalue weighted by Gasteiger charge is -1.98. The minimum Gasteiger partial charge on any atom is -0.551 e. The van der Waals surface area contributed by atoms with E-state index in [4.69, 9.17) is 4.43 Å². The van der Waals surface area contributed by atoms with Crippen LogP contribution in [0.15, 0.2) is 30.3 Å². The van der Waals surface area contributed by atoms with Gasteiger partial charge in [0, 0.05) is 5.57 Å². The molecule has 1 aromatic carbocycles. The summed E-state index contributed by atoms with van der Waals surface area (Å²) in [7, 11) is 0.706. The molecule has 0 spiro atoms. The summed E-state index contributed by atoms with van der Waals surface area (Å²) in [6, 6.07) is 10.1. The molecule has 0 amide bonds. The third kappa shape index (κ3) is 2.24. The lowest BCUT2D eigenvalue weighted by atomic mass is 10.1. The van der Waals surface area contributed by atoms with Crippen molar-refractivity contribution in [1.29, 1.82) is 0 Å². The molecular weight excluding hydrogens is 152 g/mol. The van der Waals surface area contributed by atoms with Crippen molar-refractivity contribution in [2.24, 2.45) is 0 Å². The first-order valence-corrected chi connectivity index (χ1v) is 4.34. The lowest BCUT2D eigenvalue weighted by molar-refractivity contribution is 0.505. The SMILES string of the molecule is CC(=[C]O[SiH3])c1ccccc1. The maximum atomic E-state index is 4.91. The fraction of sp³-hybridized carbons (Fsp3) is 0.111. The Kier molecular flexibility index (Phi) is 2.92. The van der Waals surface area contributed by atoms with Crippen LogP contribution in [0.1, 0.15) is 12.5 Å². The topological polar surface area (TPSA) is 9.23 Å². The van der Waals surface area contributed by atoms with Gasteiger partial charge < -0.3 is 4.43 Å². The van der Waals surface area contributed by atoms with Gasteiger partial charge in [0.15, 0.2) is 0 Å². The van der Waals surface area contributed by atoms with Crippen LogP contribution in [0, 0.1) is 6.26 Å². The standard InChI is InChI=1S/C9H11OSi/c1-8(7-10-11)9-5-3-2-4-6-9/h2-6H,1,11H3. The summed E-state index contributed by atoms with van der Waals surface area (Å²) in [5.74, 6) is 0. The normalized spacial score (nSPS) is 11.5. The third-order valence-electron chi connectivity index (χ3n) is 1.46. The van der Waals surface area contributed by atoms with Crippen molar-refractivity contribution in [3.63, 3.8) is 0 Å². The quantitative estimate of drug-likeness (QED) is 0.469. The second-order valence-electron chi connectivity index (χ2n) is 2.30. The maximum absolute atomic E-state index is 4.91. The van der Waals surface area contributed by atoms with Gasteiger partial charge in [-0.1, -0.05) is 30.3 Å². The smallest absolute Gasteiger partial charge is 0.204 e. The van der Waals surface area contributed by atoms with Crippen molar-refractivity contribution in [3.8, 4) is 0 Å². The summed E-state index contributed by atoms with van der Waals surface area (Å²) < 4.78 is 4.91. The molecule has 0 saturated carbocycles. The van der Waals surface area contributed by atoms with Crippen molar-refractivity contribution in [1.82, 2.24) is 0 Å². The van der Waals surface area contributed by atoms with Crippen LogP contribution in [0.5, 0.6) is 0 Å². The van der Waals surface area contributed by atoms with Gasteiger partial charge in [0.25, 0.3) is 0 Å². The first kappa shape index (κ1) is 8.08. The van der Waals surface area contributed by atoms with Crippen LogP contribution in [0.4, 0.5) is 0 Å². The molecule has 1 nitrogen and oxygen atoms in total. The lowest BCUT2D eigenvalue weighted by Crippen LogP contribution is -1.80. The van der Waals surface area contributed by atoms with E-state index in [0.29, 0.717) is 10.5 Å². The van der Waals surface area contributed by atoms with Crippen molar-refractivity contribution < 1.29 is 4.43 Å². The molecular formula is C9H11OSi. The van der Waals surface area contributed by atoms with Gasteiger partial charge in [-0.2, -0.15) is 0 Å². The van der Waals surface area contributed by atoms with Gasteiger partial charge in [0.05, 0.1) is 0 Å². The predicted molar refractivity (Wildman–Crippen MR) is 49.8 cm³/mol. The van der Waals surface area contributed by atoms with Gasteiger partial charge in [-0.3, -0.25) is 0 Å². The Morgan fingerprint density at radius 1 is 1.36 bits per heavy atom. The molecule has 0 heterocycles. The highest BCUT2D eigenvalue weighted by Gasteiger charge is 1.92. The molecule has 0 aromatic heterocycles. The number of hydrogen-bond acceptors (Lipinski definition) is 1. The monoisotopic (exact) mass is 163 g/mol. The van der Waals surface area contributed by atoms with Crippen LogP contribution in [-0.2, 0) is 4.43 Å². The fourth-order valence-electron chi connectivity index (χ4n) is 0.900. The van der Waals surface area contributed by atoms with Crippen molar-refractivity contribution in [2.45, 2.75) is 6.92 Å². The van der Waals surface area contributed by atoms with Crippen LogP contribution >= 0.6 is 0 Å². The summed E-state index contributed by atoms with van der Waals surface area (Å²) in [6.07, 6.45) is 2.84. The first-order chi connectivity index (χ1) is 5.34. The molecule has 0 aliphatic heterocycles. The molecule has 0 unspecified atom stereocenters. The van der Waals surface area contributed by atoms with Gasteiger partial charge in [0.2, 0.25) is 10.5 Å². The number of hydrogen-bond donors (Lipinski definition) is 0. The molecule has 1 radical (unpaired) electrons. The zero-order valence-corrected chi connectivity index (χ0v) is 8.79. The van der Waals surface area contributed by atoms with Crippen LogP contribution in [0.3, 0.4) is 0 Å². The van der Waals surface area contributed by atoms with Gasteiger partial charge in [-0.15, -0.1) is 0 Å². The van der Waals surface area contributed by atoms with E-state index in [0.717, 1.165) is 5.57 Å². The van der Waals surface area contributed by atoms with E-state index >= 15 is 0 Å². The molecule has 0 saturated heterocycles. The number of rotatable bonds is 2. The first-order valence-electron chi connectivity index (χ1n) is 3.52. The van der Waals surface area contributed by atoms with E-state index in [9.17, 15) is 0 Å². The highest BCUT2D eigenvalue weighted by molar-refractivity contribution is 5.98. The van der Waals surface area contributed by atoms with E-state index in [2.05, 4.69) is 6.26 Å². The zero-order chi connectivity index (χ0) is 8.10. The molecule has 11 heavy (non-hydrogen) atoms. The van der Waals surface area contributed by atoms with Gasteiger partial charge in [0.1, 0.15) is 6.26 Å². The van der Waals surface area contributed by atoms with Crippen LogP contribution in [0.2, 0.25) is 0 Å². The van der Waals surface area contributed by atoms with Crippen molar-refractivity contribution >= 4 is 16.1 Å². The largest absolute Gasteiger partial charge is 0.551 e. The van der Waals surface area contributed by atoms with Crippen LogP contribution < -0.4 is 0 Å². The van der Waals surface area contributed by atoms with Crippen molar-refractivity contribution in [2.75, 3.05) is 0 Å². The average molecular weight is 163 g/mol. The Bertz CT molecular complexity index is 241. The van der Waals surface area contributed by atoms with Gasteiger partial charge in [-0.25, -0.2) is 0 Å². The summed E-state index contributed by atoms with van der Waals surface area (Å²) in [5, 5.41) is 0. The molecule has 57 valence electrons. The Labute approximate surface area is 70.2 Å². The molecule has 1 aromatic rings. The number of allylic oxidation sites excluding steroid dienone is 1. The molecule has 0 atom stereocenters. The third-order valence-corrected chi connectivity index (χ3v) is 1.67. The molecule has 1 rings (SSSR count). The molecule has 2 heteroatoms.